The van der Waals surface area contributed by atoms with E-state index in [1.54, 1.807) is 15.8 Å². The number of aromatic nitrogens is 3. The Balaban J connectivity index is 1.43. The van der Waals surface area contributed by atoms with Crippen molar-refractivity contribution in [2.45, 2.75) is 13.3 Å². The average Bonchev–Trinajstić information content (AvgIpc) is 3.12. The van der Waals surface area contributed by atoms with Gasteiger partial charge in [0.15, 0.2) is 5.69 Å². The first-order valence-electron chi connectivity index (χ1n) is 9.75. The van der Waals surface area contributed by atoms with E-state index in [9.17, 15) is 9.59 Å². The van der Waals surface area contributed by atoms with Gasteiger partial charge in [-0.05, 0) is 37.6 Å². The molecule has 0 saturated carbocycles. The van der Waals surface area contributed by atoms with Gasteiger partial charge < -0.3 is 9.80 Å². The first kappa shape index (κ1) is 18.9. The summed E-state index contributed by atoms with van der Waals surface area (Å²) < 4.78 is 1.60. The molecule has 3 aromatic rings. The minimum Gasteiger partial charge on any atom is -0.337 e. The van der Waals surface area contributed by atoms with E-state index in [1.165, 1.54) is 0 Å². The van der Waals surface area contributed by atoms with Crippen molar-refractivity contribution >= 4 is 11.8 Å². The summed E-state index contributed by atoms with van der Waals surface area (Å²) in [4.78, 5) is 29.3. The SMILES string of the molecule is Cc1cccc(C(=O)N2CCCN(C(=O)c3cn(-c4ccccc4)nn3)CC2)c1. The van der Waals surface area contributed by atoms with Crippen molar-refractivity contribution in [2.24, 2.45) is 0 Å². The average molecular weight is 389 g/mol. The first-order valence-corrected chi connectivity index (χ1v) is 9.75. The number of nitrogens with zero attached hydrogens (tertiary/aromatic N) is 5. The van der Waals surface area contributed by atoms with E-state index in [-0.39, 0.29) is 11.8 Å². The molecule has 7 nitrogen and oxygen atoms in total. The largest absolute Gasteiger partial charge is 0.337 e. The van der Waals surface area contributed by atoms with Crippen molar-refractivity contribution in [3.05, 3.63) is 77.6 Å². The Bertz CT molecular complexity index is 1010. The Hall–Kier alpha value is -3.48. The number of hydrogen-bond donors (Lipinski definition) is 0. The summed E-state index contributed by atoms with van der Waals surface area (Å²) in [5.41, 5.74) is 2.91. The van der Waals surface area contributed by atoms with E-state index in [1.807, 2.05) is 66.4 Å². The second kappa shape index (κ2) is 8.26. The van der Waals surface area contributed by atoms with E-state index in [2.05, 4.69) is 10.3 Å². The van der Waals surface area contributed by atoms with Crippen molar-refractivity contribution < 1.29 is 9.59 Å². The molecule has 29 heavy (non-hydrogen) atoms. The topological polar surface area (TPSA) is 71.3 Å². The number of para-hydroxylation sites is 1. The first-order chi connectivity index (χ1) is 14.1. The van der Waals surface area contributed by atoms with Crippen LogP contribution in [0.2, 0.25) is 0 Å². The Morgan fingerprint density at radius 3 is 2.31 bits per heavy atom. The second-order valence-corrected chi connectivity index (χ2v) is 7.19. The zero-order chi connectivity index (χ0) is 20.2. The van der Waals surface area contributed by atoms with Gasteiger partial charge in [-0.25, -0.2) is 4.68 Å². The summed E-state index contributed by atoms with van der Waals surface area (Å²) in [5.74, 6) is -0.143. The number of aryl methyl sites for hydroxylation is 1. The van der Waals surface area contributed by atoms with Crippen LogP contribution in [-0.2, 0) is 0 Å². The highest BCUT2D eigenvalue weighted by atomic mass is 16.2. The van der Waals surface area contributed by atoms with Crippen LogP contribution in [0.3, 0.4) is 0 Å². The maximum atomic E-state index is 12.9. The maximum absolute atomic E-state index is 12.9. The Kier molecular flexibility index (Phi) is 5.37. The van der Waals surface area contributed by atoms with Gasteiger partial charge in [0, 0.05) is 31.7 Å². The number of hydrogen-bond acceptors (Lipinski definition) is 4. The minimum atomic E-state index is -0.156. The third-order valence-corrected chi connectivity index (χ3v) is 5.07. The van der Waals surface area contributed by atoms with Crippen molar-refractivity contribution in [3.8, 4) is 5.69 Å². The lowest BCUT2D eigenvalue weighted by Crippen LogP contribution is -2.37. The fraction of sp³-hybridized carbons (Fsp3) is 0.273. The highest BCUT2D eigenvalue weighted by molar-refractivity contribution is 5.95. The predicted octanol–water partition coefficient (Wildman–Crippen LogP) is 2.56. The monoisotopic (exact) mass is 389 g/mol. The fourth-order valence-electron chi connectivity index (χ4n) is 3.52. The molecular weight excluding hydrogens is 366 g/mol. The minimum absolute atomic E-state index is 0.0121. The van der Waals surface area contributed by atoms with E-state index in [0.29, 0.717) is 37.4 Å². The number of carbonyl (C=O) groups excluding carboxylic acids is 2. The number of benzene rings is 2. The highest BCUT2D eigenvalue weighted by Crippen LogP contribution is 2.13. The van der Waals surface area contributed by atoms with Gasteiger partial charge in [-0.1, -0.05) is 41.1 Å². The summed E-state index contributed by atoms with van der Waals surface area (Å²) in [7, 11) is 0. The molecule has 2 heterocycles. The van der Waals surface area contributed by atoms with Gasteiger partial charge in [-0.3, -0.25) is 9.59 Å². The van der Waals surface area contributed by atoms with Crippen LogP contribution in [-0.4, -0.2) is 62.8 Å². The third-order valence-electron chi connectivity index (χ3n) is 5.07. The molecule has 0 unspecified atom stereocenters. The standard InChI is InChI=1S/C22H23N5O2/c1-17-7-5-8-18(15-17)21(28)25-11-6-12-26(14-13-25)22(29)20-16-27(24-23-20)19-9-3-2-4-10-19/h2-5,7-10,15-16H,6,11-14H2,1H3. The van der Waals surface area contributed by atoms with Gasteiger partial charge in [0.05, 0.1) is 11.9 Å². The van der Waals surface area contributed by atoms with E-state index >= 15 is 0 Å². The van der Waals surface area contributed by atoms with Crippen LogP contribution in [0.25, 0.3) is 5.69 Å². The molecule has 0 N–H and O–H groups in total. The molecule has 0 atom stereocenters. The molecule has 1 aromatic heterocycles. The smallest absolute Gasteiger partial charge is 0.276 e. The maximum Gasteiger partial charge on any atom is 0.276 e. The molecule has 0 spiro atoms. The quantitative estimate of drug-likeness (QED) is 0.690. The van der Waals surface area contributed by atoms with Crippen LogP contribution >= 0.6 is 0 Å². The van der Waals surface area contributed by atoms with Gasteiger partial charge in [0.1, 0.15) is 0 Å². The summed E-state index contributed by atoms with van der Waals surface area (Å²) >= 11 is 0. The van der Waals surface area contributed by atoms with Crippen LogP contribution in [0.5, 0.6) is 0 Å². The number of amides is 2. The Labute approximate surface area is 169 Å². The number of carbonyl (C=O) groups is 2. The summed E-state index contributed by atoms with van der Waals surface area (Å²) in [6.07, 6.45) is 2.38. The zero-order valence-electron chi connectivity index (χ0n) is 16.4. The van der Waals surface area contributed by atoms with Gasteiger partial charge in [-0.15, -0.1) is 5.10 Å². The van der Waals surface area contributed by atoms with Crippen LogP contribution in [0.1, 0.15) is 32.8 Å². The molecule has 7 heteroatoms. The molecule has 0 radical (unpaired) electrons. The molecule has 1 saturated heterocycles. The van der Waals surface area contributed by atoms with Gasteiger partial charge in [0.2, 0.25) is 0 Å². The van der Waals surface area contributed by atoms with E-state index < -0.39 is 0 Å². The molecule has 1 fully saturated rings. The third kappa shape index (κ3) is 4.18. The normalized spacial score (nSPS) is 14.5. The predicted molar refractivity (Wildman–Crippen MR) is 109 cm³/mol. The molecule has 1 aliphatic heterocycles. The lowest BCUT2D eigenvalue weighted by atomic mass is 10.1. The summed E-state index contributed by atoms with van der Waals surface area (Å²) in [5, 5.41) is 8.12. The molecule has 0 bridgehead atoms. The highest BCUT2D eigenvalue weighted by Gasteiger charge is 2.25. The summed E-state index contributed by atoms with van der Waals surface area (Å²) in [6.45, 7) is 4.18. The molecular formula is C22H23N5O2. The van der Waals surface area contributed by atoms with Gasteiger partial charge in [0.25, 0.3) is 11.8 Å². The molecule has 1 aliphatic rings. The lowest BCUT2D eigenvalue weighted by Gasteiger charge is -2.21. The van der Waals surface area contributed by atoms with Crippen LogP contribution in [0.15, 0.2) is 60.8 Å². The Morgan fingerprint density at radius 2 is 1.59 bits per heavy atom. The van der Waals surface area contributed by atoms with Crippen molar-refractivity contribution in [2.75, 3.05) is 26.2 Å². The van der Waals surface area contributed by atoms with Crippen molar-refractivity contribution in [1.29, 1.82) is 0 Å². The Morgan fingerprint density at radius 1 is 0.862 bits per heavy atom. The fourth-order valence-corrected chi connectivity index (χ4v) is 3.52. The second-order valence-electron chi connectivity index (χ2n) is 7.19. The van der Waals surface area contributed by atoms with Gasteiger partial charge in [-0.2, -0.15) is 0 Å². The van der Waals surface area contributed by atoms with Crippen LogP contribution < -0.4 is 0 Å². The van der Waals surface area contributed by atoms with Crippen molar-refractivity contribution in [3.63, 3.8) is 0 Å². The molecule has 4 rings (SSSR count). The molecule has 2 aromatic carbocycles. The number of rotatable bonds is 3. The van der Waals surface area contributed by atoms with Crippen molar-refractivity contribution in [1.82, 2.24) is 24.8 Å². The van der Waals surface area contributed by atoms with E-state index in [4.69, 9.17) is 0 Å². The van der Waals surface area contributed by atoms with Crippen LogP contribution in [0.4, 0.5) is 0 Å². The molecule has 0 aliphatic carbocycles. The molecule has 148 valence electrons. The van der Waals surface area contributed by atoms with Gasteiger partial charge >= 0.3 is 0 Å². The molecule has 2 amide bonds. The van der Waals surface area contributed by atoms with E-state index in [0.717, 1.165) is 17.7 Å². The lowest BCUT2D eigenvalue weighted by molar-refractivity contribution is 0.0715. The summed E-state index contributed by atoms with van der Waals surface area (Å²) in [6, 6.07) is 17.2. The zero-order valence-corrected chi connectivity index (χ0v) is 16.4. The van der Waals surface area contributed by atoms with Crippen LogP contribution in [0, 0.1) is 6.92 Å².